The molecule has 0 unspecified atom stereocenters. The third-order valence-electron chi connectivity index (χ3n) is 2.54. The first-order valence-electron chi connectivity index (χ1n) is 5.66. The van der Waals surface area contributed by atoms with E-state index in [1.165, 1.54) is 25.4 Å². The van der Waals surface area contributed by atoms with Crippen LogP contribution in [0.15, 0.2) is 42.6 Å². The summed E-state index contributed by atoms with van der Waals surface area (Å²) in [7, 11) is 1.31. The van der Waals surface area contributed by atoms with Crippen molar-refractivity contribution in [2.45, 2.75) is 0 Å². The van der Waals surface area contributed by atoms with Gasteiger partial charge >= 0.3 is 5.97 Å². The quantitative estimate of drug-likeness (QED) is 0.522. The number of hydrogen-bond acceptors (Lipinski definition) is 6. The van der Waals surface area contributed by atoms with Gasteiger partial charge in [-0.1, -0.05) is 0 Å². The van der Waals surface area contributed by atoms with Crippen molar-refractivity contribution in [3.05, 3.63) is 58.3 Å². The number of aromatic nitrogens is 1. The number of esters is 1. The lowest BCUT2D eigenvalue weighted by Gasteiger charge is -2.05. The average Bonchev–Trinajstić information content (AvgIpc) is 2.48. The first-order valence-corrected chi connectivity index (χ1v) is 5.66. The van der Waals surface area contributed by atoms with Gasteiger partial charge in [0, 0.05) is 11.8 Å². The molecule has 0 spiro atoms. The highest BCUT2D eigenvalue weighted by Crippen LogP contribution is 2.17. The van der Waals surface area contributed by atoms with E-state index in [0.717, 1.165) is 0 Å². The standard InChI is InChI=1S/C13H11N3O4/c1-20-13(17)9-2-4-10(5-3-9)15-12-7-6-11(8-14-12)16(18)19/h2-8H,1H3,(H,14,15). The zero-order chi connectivity index (χ0) is 14.5. The van der Waals surface area contributed by atoms with Gasteiger partial charge in [-0.25, -0.2) is 9.78 Å². The summed E-state index contributed by atoms with van der Waals surface area (Å²) in [6, 6.07) is 9.47. The van der Waals surface area contributed by atoms with E-state index in [9.17, 15) is 14.9 Å². The van der Waals surface area contributed by atoms with Crippen LogP contribution in [0.1, 0.15) is 10.4 Å². The average molecular weight is 273 g/mol. The smallest absolute Gasteiger partial charge is 0.337 e. The maximum absolute atomic E-state index is 11.3. The summed E-state index contributed by atoms with van der Waals surface area (Å²) in [5.74, 6) is 0.0615. The normalized spacial score (nSPS) is 9.85. The lowest BCUT2D eigenvalue weighted by atomic mass is 10.2. The van der Waals surface area contributed by atoms with E-state index < -0.39 is 10.9 Å². The molecular formula is C13H11N3O4. The molecule has 2 rings (SSSR count). The number of anilines is 2. The van der Waals surface area contributed by atoms with Crippen LogP contribution in [0.5, 0.6) is 0 Å². The highest BCUT2D eigenvalue weighted by molar-refractivity contribution is 5.89. The van der Waals surface area contributed by atoms with Gasteiger partial charge in [0.1, 0.15) is 12.0 Å². The molecule has 0 aliphatic carbocycles. The van der Waals surface area contributed by atoms with E-state index in [2.05, 4.69) is 15.0 Å². The Hall–Kier alpha value is -2.96. The number of rotatable bonds is 4. The van der Waals surface area contributed by atoms with E-state index >= 15 is 0 Å². The molecule has 7 heteroatoms. The minimum atomic E-state index is -0.512. The molecule has 20 heavy (non-hydrogen) atoms. The van der Waals surface area contributed by atoms with Crippen molar-refractivity contribution in [1.29, 1.82) is 0 Å². The van der Waals surface area contributed by atoms with Crippen molar-refractivity contribution in [3.8, 4) is 0 Å². The fourth-order valence-corrected chi connectivity index (χ4v) is 1.52. The fourth-order valence-electron chi connectivity index (χ4n) is 1.52. The molecule has 102 valence electrons. The molecule has 1 aromatic heterocycles. The zero-order valence-corrected chi connectivity index (χ0v) is 10.6. The van der Waals surface area contributed by atoms with E-state index in [-0.39, 0.29) is 5.69 Å². The predicted molar refractivity (Wildman–Crippen MR) is 72.0 cm³/mol. The molecule has 1 aromatic carbocycles. The van der Waals surface area contributed by atoms with Crippen molar-refractivity contribution in [2.24, 2.45) is 0 Å². The number of pyridine rings is 1. The van der Waals surface area contributed by atoms with Crippen LogP contribution in [0.4, 0.5) is 17.2 Å². The van der Waals surface area contributed by atoms with E-state index in [1.807, 2.05) is 0 Å². The first-order chi connectivity index (χ1) is 9.60. The van der Waals surface area contributed by atoms with E-state index in [1.54, 1.807) is 24.3 Å². The molecule has 1 heterocycles. The third-order valence-corrected chi connectivity index (χ3v) is 2.54. The van der Waals surface area contributed by atoms with Gasteiger partial charge in [0.15, 0.2) is 0 Å². The number of carbonyl (C=O) groups excluding carboxylic acids is 1. The van der Waals surface area contributed by atoms with Crippen LogP contribution >= 0.6 is 0 Å². The monoisotopic (exact) mass is 273 g/mol. The van der Waals surface area contributed by atoms with Crippen LogP contribution in [0.3, 0.4) is 0 Å². The van der Waals surface area contributed by atoms with Gasteiger partial charge in [-0.05, 0) is 30.3 Å². The maximum atomic E-state index is 11.3. The van der Waals surface area contributed by atoms with Gasteiger partial charge in [-0.15, -0.1) is 0 Å². The molecule has 0 fully saturated rings. The van der Waals surface area contributed by atoms with Crippen LogP contribution < -0.4 is 5.32 Å². The van der Waals surface area contributed by atoms with Gasteiger partial charge in [0.2, 0.25) is 0 Å². The van der Waals surface area contributed by atoms with Crippen LogP contribution in [0.2, 0.25) is 0 Å². The first kappa shape index (κ1) is 13.5. The van der Waals surface area contributed by atoms with Crippen molar-refractivity contribution < 1.29 is 14.5 Å². The highest BCUT2D eigenvalue weighted by Gasteiger charge is 2.06. The van der Waals surface area contributed by atoms with Crippen LogP contribution in [-0.2, 0) is 4.74 Å². The fraction of sp³-hybridized carbons (Fsp3) is 0.0769. The molecule has 0 atom stereocenters. The van der Waals surface area contributed by atoms with E-state index in [0.29, 0.717) is 17.1 Å². The summed E-state index contributed by atoms with van der Waals surface area (Å²) in [5.41, 5.74) is 1.07. The molecule has 1 N–H and O–H groups in total. The molecular weight excluding hydrogens is 262 g/mol. The summed E-state index contributed by atoms with van der Waals surface area (Å²) in [6.07, 6.45) is 1.17. The molecule has 0 bridgehead atoms. The van der Waals surface area contributed by atoms with Crippen molar-refractivity contribution >= 4 is 23.2 Å². The zero-order valence-electron chi connectivity index (χ0n) is 10.6. The summed E-state index contributed by atoms with van der Waals surface area (Å²) < 4.78 is 4.59. The second-order valence-corrected chi connectivity index (χ2v) is 3.85. The molecule has 0 saturated heterocycles. The van der Waals surface area contributed by atoms with Crippen molar-refractivity contribution in [1.82, 2.24) is 4.98 Å². The topological polar surface area (TPSA) is 94.4 Å². The number of nitrogens with zero attached hydrogens (tertiary/aromatic N) is 2. The van der Waals surface area contributed by atoms with Crippen LogP contribution in [0, 0.1) is 10.1 Å². The maximum Gasteiger partial charge on any atom is 0.337 e. The molecule has 0 saturated carbocycles. The number of nitrogens with one attached hydrogen (secondary N) is 1. The lowest BCUT2D eigenvalue weighted by molar-refractivity contribution is -0.385. The van der Waals surface area contributed by atoms with Crippen molar-refractivity contribution in [2.75, 3.05) is 12.4 Å². The molecule has 0 radical (unpaired) electrons. The highest BCUT2D eigenvalue weighted by atomic mass is 16.6. The Morgan fingerprint density at radius 1 is 1.25 bits per heavy atom. The number of hydrogen-bond donors (Lipinski definition) is 1. The summed E-state index contributed by atoms with van der Waals surface area (Å²) in [4.78, 5) is 25.2. The minimum Gasteiger partial charge on any atom is -0.465 e. The summed E-state index contributed by atoms with van der Waals surface area (Å²) in [5, 5.41) is 13.5. The second kappa shape index (κ2) is 5.79. The molecule has 0 aliphatic rings. The van der Waals surface area contributed by atoms with Gasteiger partial charge in [0.05, 0.1) is 17.6 Å². The molecule has 0 aliphatic heterocycles. The van der Waals surface area contributed by atoms with Gasteiger partial charge in [-0.2, -0.15) is 0 Å². The lowest BCUT2D eigenvalue weighted by Crippen LogP contribution is -2.01. The minimum absolute atomic E-state index is 0.0726. The predicted octanol–water partition coefficient (Wildman–Crippen LogP) is 2.52. The number of benzene rings is 1. The molecule has 2 aromatic rings. The van der Waals surface area contributed by atoms with Crippen molar-refractivity contribution in [3.63, 3.8) is 0 Å². The Morgan fingerprint density at radius 2 is 1.95 bits per heavy atom. The number of ether oxygens (including phenoxy) is 1. The van der Waals surface area contributed by atoms with Gasteiger partial charge < -0.3 is 10.1 Å². The number of nitro groups is 1. The number of methoxy groups -OCH3 is 1. The van der Waals surface area contributed by atoms with Crippen LogP contribution in [-0.4, -0.2) is 23.0 Å². The third kappa shape index (κ3) is 3.08. The Balaban J connectivity index is 2.10. The Bertz CT molecular complexity index is 623. The Kier molecular flexibility index (Phi) is 3.90. The van der Waals surface area contributed by atoms with Crippen LogP contribution in [0.25, 0.3) is 0 Å². The molecule has 0 amide bonds. The summed E-state index contributed by atoms with van der Waals surface area (Å²) in [6.45, 7) is 0. The second-order valence-electron chi connectivity index (χ2n) is 3.85. The molecule has 7 nitrogen and oxygen atoms in total. The Morgan fingerprint density at radius 3 is 2.45 bits per heavy atom. The van der Waals surface area contributed by atoms with E-state index in [4.69, 9.17) is 0 Å². The SMILES string of the molecule is COC(=O)c1ccc(Nc2ccc([N+](=O)[O-])cn2)cc1. The summed E-state index contributed by atoms with van der Waals surface area (Å²) >= 11 is 0. The largest absolute Gasteiger partial charge is 0.465 e. The Labute approximate surface area is 114 Å². The number of carbonyl (C=O) groups is 1. The van der Waals surface area contributed by atoms with Gasteiger partial charge in [0.25, 0.3) is 5.69 Å². The van der Waals surface area contributed by atoms with Gasteiger partial charge in [-0.3, -0.25) is 10.1 Å².